The maximum atomic E-state index is 13.4. The highest BCUT2D eigenvalue weighted by atomic mass is 35.5. The Bertz CT molecular complexity index is 1110. The number of aliphatic hydroxyl groups excluding tert-OH is 2. The van der Waals surface area contributed by atoms with Gasteiger partial charge < -0.3 is 20.0 Å². The van der Waals surface area contributed by atoms with E-state index in [2.05, 4.69) is 15.3 Å². The first-order valence-electron chi connectivity index (χ1n) is 9.68. The van der Waals surface area contributed by atoms with Crippen molar-refractivity contribution in [3.63, 3.8) is 0 Å². The summed E-state index contributed by atoms with van der Waals surface area (Å²) in [5.41, 5.74) is 1.08. The van der Waals surface area contributed by atoms with Gasteiger partial charge in [0.1, 0.15) is 17.7 Å². The van der Waals surface area contributed by atoms with Gasteiger partial charge in [0, 0.05) is 37.4 Å². The van der Waals surface area contributed by atoms with Crippen LogP contribution in [0.5, 0.6) is 0 Å². The van der Waals surface area contributed by atoms with E-state index in [-0.39, 0.29) is 17.9 Å². The van der Waals surface area contributed by atoms with Crippen LogP contribution in [0, 0.1) is 5.82 Å². The minimum atomic E-state index is -1.03. The minimum Gasteiger partial charge on any atom is -0.393 e. The molecular weight excluding hydrogens is 445 g/mol. The molecule has 2 atom stereocenters. The smallest absolute Gasteiger partial charge is 0.324 e. The Kier molecular flexibility index (Phi) is 6.24. The number of hydrogen-bond acceptors (Lipinski definition) is 7. The summed E-state index contributed by atoms with van der Waals surface area (Å²) in [7, 11) is 0. The second-order valence-corrected chi connectivity index (χ2v) is 8.76. The van der Waals surface area contributed by atoms with Crippen molar-refractivity contribution in [2.45, 2.75) is 19.1 Å². The molecule has 1 aliphatic heterocycles. The molecule has 4 rings (SSSR count). The summed E-state index contributed by atoms with van der Waals surface area (Å²) in [4.78, 5) is 25.1. The summed E-state index contributed by atoms with van der Waals surface area (Å²) in [6.07, 6.45) is 0.458. The number of aliphatic hydroxyl groups is 2. The van der Waals surface area contributed by atoms with Crippen LogP contribution < -0.4 is 10.2 Å². The molecule has 1 fully saturated rings. The summed E-state index contributed by atoms with van der Waals surface area (Å²) in [6, 6.07) is 5.51. The van der Waals surface area contributed by atoms with Gasteiger partial charge in [0.05, 0.1) is 21.8 Å². The molecule has 1 saturated heterocycles. The first kappa shape index (κ1) is 21.7. The molecule has 2 aromatic heterocycles. The van der Waals surface area contributed by atoms with Crippen LogP contribution in [0.15, 0.2) is 30.5 Å². The van der Waals surface area contributed by atoms with Gasteiger partial charge in [-0.3, -0.25) is 5.32 Å². The predicted octanol–water partition coefficient (Wildman–Crippen LogP) is 3.25. The number of pyridine rings is 1. The maximum Gasteiger partial charge on any atom is 0.324 e. The molecule has 0 radical (unpaired) electrons. The zero-order valence-corrected chi connectivity index (χ0v) is 18.2. The van der Waals surface area contributed by atoms with Crippen LogP contribution in [0.1, 0.15) is 18.6 Å². The van der Waals surface area contributed by atoms with Crippen LogP contribution in [-0.2, 0) is 0 Å². The van der Waals surface area contributed by atoms with Crippen LogP contribution in [0.25, 0.3) is 10.2 Å². The first-order valence-corrected chi connectivity index (χ1v) is 10.9. The fraction of sp³-hybridized carbons (Fsp3) is 0.350. The van der Waals surface area contributed by atoms with E-state index in [9.17, 15) is 14.3 Å². The monoisotopic (exact) mass is 465 g/mol. The topological polar surface area (TPSA) is 102 Å². The van der Waals surface area contributed by atoms with Crippen LogP contribution in [0.3, 0.4) is 0 Å². The van der Waals surface area contributed by atoms with Gasteiger partial charge >= 0.3 is 6.03 Å². The Labute approximate surface area is 186 Å². The molecule has 8 nitrogen and oxygen atoms in total. The van der Waals surface area contributed by atoms with Crippen LogP contribution in [0.2, 0.25) is 5.02 Å². The Hall–Kier alpha value is -2.53. The normalized spacial score (nSPS) is 17.8. The number of urea groups is 1. The lowest BCUT2D eigenvalue weighted by atomic mass is 10.1. The summed E-state index contributed by atoms with van der Waals surface area (Å²) in [6.45, 7) is 3.01. The molecule has 3 aromatic rings. The molecule has 0 bridgehead atoms. The third-order valence-electron chi connectivity index (χ3n) is 5.15. The number of fused-ring (bicyclic) bond motifs is 1. The van der Waals surface area contributed by atoms with Crippen molar-refractivity contribution in [2.24, 2.45) is 0 Å². The van der Waals surface area contributed by atoms with E-state index in [0.717, 1.165) is 0 Å². The van der Waals surface area contributed by atoms with Crippen molar-refractivity contribution < 1.29 is 19.4 Å². The largest absolute Gasteiger partial charge is 0.393 e. The van der Waals surface area contributed by atoms with Gasteiger partial charge in [-0.2, -0.15) is 0 Å². The molecular formula is C20H21ClFN5O3S. The number of piperazine rings is 1. The lowest BCUT2D eigenvalue weighted by Gasteiger charge is -2.40. The number of thiazole rings is 1. The number of nitrogens with zero attached hydrogens (tertiary/aromatic N) is 4. The number of aromatic nitrogens is 2. The second kappa shape index (κ2) is 8.91. The lowest BCUT2D eigenvalue weighted by molar-refractivity contribution is 0.0953. The van der Waals surface area contributed by atoms with E-state index < -0.39 is 12.7 Å². The second-order valence-electron chi connectivity index (χ2n) is 7.32. The van der Waals surface area contributed by atoms with Gasteiger partial charge in [0.15, 0.2) is 5.13 Å². The number of halogens is 2. The van der Waals surface area contributed by atoms with Crippen molar-refractivity contribution in [1.29, 1.82) is 0 Å². The number of benzene rings is 1. The molecule has 0 spiro atoms. The van der Waals surface area contributed by atoms with Crippen LogP contribution >= 0.6 is 22.9 Å². The third kappa shape index (κ3) is 4.57. The van der Waals surface area contributed by atoms with Crippen molar-refractivity contribution in [1.82, 2.24) is 14.9 Å². The molecule has 0 saturated carbocycles. The van der Waals surface area contributed by atoms with Crippen LogP contribution in [0.4, 0.5) is 20.1 Å². The highest BCUT2D eigenvalue weighted by Gasteiger charge is 2.29. The van der Waals surface area contributed by atoms with E-state index in [4.69, 9.17) is 16.7 Å². The lowest BCUT2D eigenvalue weighted by Crippen LogP contribution is -2.55. The highest BCUT2D eigenvalue weighted by Crippen LogP contribution is 2.29. The van der Waals surface area contributed by atoms with Crippen molar-refractivity contribution in [3.05, 3.63) is 46.9 Å². The molecule has 3 heterocycles. The number of carbonyl (C=O) groups is 1. The molecule has 11 heteroatoms. The van der Waals surface area contributed by atoms with Crippen molar-refractivity contribution in [2.75, 3.05) is 36.5 Å². The number of amides is 2. The summed E-state index contributed by atoms with van der Waals surface area (Å²) in [5, 5.41) is 22.4. The van der Waals surface area contributed by atoms with Crippen LogP contribution in [-0.4, -0.2) is 63.4 Å². The van der Waals surface area contributed by atoms with E-state index in [1.165, 1.54) is 29.7 Å². The zero-order chi connectivity index (χ0) is 22.1. The third-order valence-corrected chi connectivity index (χ3v) is 6.36. The molecule has 2 amide bonds. The molecule has 164 valence electrons. The Balaban J connectivity index is 1.42. The number of anilines is 2. The number of carbonyl (C=O) groups excluding carboxylic acids is 1. The minimum absolute atomic E-state index is 0.124. The van der Waals surface area contributed by atoms with Gasteiger partial charge in [0.25, 0.3) is 0 Å². The zero-order valence-electron chi connectivity index (χ0n) is 16.6. The molecule has 1 aliphatic rings. The molecule has 0 aliphatic carbocycles. The van der Waals surface area contributed by atoms with Crippen molar-refractivity contribution >= 4 is 50.1 Å². The van der Waals surface area contributed by atoms with Crippen molar-refractivity contribution in [3.8, 4) is 0 Å². The SMILES string of the molecule is C[C@H]1CN(c2ncc([C@H](O)CO)cc2Cl)CCN1C(=O)Nc1nc2ccc(F)cc2s1. The van der Waals surface area contributed by atoms with E-state index in [1.807, 2.05) is 11.8 Å². The number of nitrogens with one attached hydrogen (secondary N) is 1. The Morgan fingerprint density at radius 3 is 2.94 bits per heavy atom. The summed E-state index contributed by atoms with van der Waals surface area (Å²) < 4.78 is 14.0. The first-order chi connectivity index (χ1) is 14.9. The quantitative estimate of drug-likeness (QED) is 0.546. The highest BCUT2D eigenvalue weighted by molar-refractivity contribution is 7.22. The Morgan fingerprint density at radius 1 is 1.42 bits per heavy atom. The molecule has 0 unspecified atom stereocenters. The fourth-order valence-corrected chi connectivity index (χ4v) is 4.71. The number of rotatable bonds is 4. The van der Waals surface area contributed by atoms with Gasteiger partial charge in [-0.1, -0.05) is 22.9 Å². The molecule has 1 aromatic carbocycles. The van der Waals surface area contributed by atoms with E-state index >= 15 is 0 Å². The average Bonchev–Trinajstić information content (AvgIpc) is 3.14. The van der Waals surface area contributed by atoms with E-state index in [0.29, 0.717) is 51.4 Å². The molecule has 3 N–H and O–H groups in total. The maximum absolute atomic E-state index is 13.4. The van der Waals surface area contributed by atoms with Gasteiger partial charge in [-0.15, -0.1) is 0 Å². The molecule has 31 heavy (non-hydrogen) atoms. The average molecular weight is 466 g/mol. The summed E-state index contributed by atoms with van der Waals surface area (Å²) in [5.74, 6) is 0.223. The Morgan fingerprint density at radius 2 is 2.23 bits per heavy atom. The van der Waals surface area contributed by atoms with Gasteiger partial charge in [0.2, 0.25) is 0 Å². The fourth-order valence-electron chi connectivity index (χ4n) is 3.53. The van der Waals surface area contributed by atoms with Gasteiger partial charge in [-0.25, -0.2) is 19.2 Å². The van der Waals surface area contributed by atoms with Gasteiger partial charge in [-0.05, 0) is 31.2 Å². The standard InChI is InChI=1S/C20H21ClFN5O3S/c1-11-9-26(18-14(21)6-12(8-23-18)16(29)10-28)4-5-27(11)20(30)25-19-24-15-3-2-13(22)7-17(15)31-19/h2-3,6-8,11,16,28-29H,4-5,9-10H2,1H3,(H,24,25,30)/t11-,16+/m0/s1. The number of hydrogen-bond donors (Lipinski definition) is 3. The predicted molar refractivity (Wildman–Crippen MR) is 118 cm³/mol. The van der Waals surface area contributed by atoms with E-state index in [1.54, 1.807) is 17.0 Å². The summed E-state index contributed by atoms with van der Waals surface area (Å²) >= 11 is 7.57.